The van der Waals surface area contributed by atoms with Crippen molar-refractivity contribution in [3.63, 3.8) is 0 Å². The number of carbonyl (C=O) groups is 1. The lowest BCUT2D eigenvalue weighted by Gasteiger charge is -2.30. The monoisotopic (exact) mass is 266 g/mol. The van der Waals surface area contributed by atoms with Gasteiger partial charge in [0.05, 0.1) is 0 Å². The predicted molar refractivity (Wildman–Crippen MR) is 79.0 cm³/mol. The van der Waals surface area contributed by atoms with Crippen LogP contribution in [-0.4, -0.2) is 37.0 Å². The van der Waals surface area contributed by atoms with Crippen molar-refractivity contribution in [3.05, 3.63) is 0 Å². The van der Waals surface area contributed by atoms with E-state index in [0.29, 0.717) is 11.8 Å². The zero-order valence-electron chi connectivity index (χ0n) is 12.5. The molecule has 0 aromatic heterocycles. The number of nitrogens with one attached hydrogen (secondary N) is 1. The number of likely N-dealkylation sites (tertiary alicyclic amines) is 1. The summed E-state index contributed by atoms with van der Waals surface area (Å²) in [5.41, 5.74) is 0. The zero-order valence-corrected chi connectivity index (χ0v) is 12.5. The molecule has 0 aromatic rings. The second-order valence-corrected chi connectivity index (χ2v) is 6.42. The Balaban J connectivity index is 1.77. The largest absolute Gasteiger partial charge is 0.343 e. The van der Waals surface area contributed by atoms with Gasteiger partial charge in [0.2, 0.25) is 5.91 Å². The Morgan fingerprint density at radius 2 is 1.68 bits per heavy atom. The van der Waals surface area contributed by atoms with Gasteiger partial charge in [0.15, 0.2) is 0 Å². The molecule has 3 nitrogen and oxygen atoms in total. The van der Waals surface area contributed by atoms with Gasteiger partial charge in [0.25, 0.3) is 0 Å². The highest BCUT2D eigenvalue weighted by Crippen LogP contribution is 2.25. The fourth-order valence-corrected chi connectivity index (χ4v) is 3.48. The molecule has 2 rings (SSSR count). The first-order valence-corrected chi connectivity index (χ1v) is 8.26. The Bertz CT molecular complexity index is 266. The van der Waals surface area contributed by atoms with E-state index in [1.807, 2.05) is 0 Å². The molecule has 2 heterocycles. The molecule has 1 amide bonds. The normalized spacial score (nSPS) is 24.6. The molecule has 19 heavy (non-hydrogen) atoms. The summed E-state index contributed by atoms with van der Waals surface area (Å²) in [6, 6.07) is 0. The lowest BCUT2D eigenvalue weighted by molar-refractivity contribution is -0.132. The average Bonchev–Trinajstić information content (AvgIpc) is 2.39. The Morgan fingerprint density at radius 3 is 2.32 bits per heavy atom. The summed E-state index contributed by atoms with van der Waals surface area (Å²) in [5, 5.41) is 3.41. The first-order valence-electron chi connectivity index (χ1n) is 8.26. The maximum Gasteiger partial charge on any atom is 0.222 e. The number of amides is 1. The van der Waals surface area contributed by atoms with Crippen LogP contribution in [0.2, 0.25) is 0 Å². The quantitative estimate of drug-likeness (QED) is 0.852. The summed E-state index contributed by atoms with van der Waals surface area (Å²) in [5.74, 6) is 1.72. The number of piperidine rings is 1. The maximum atomic E-state index is 12.4. The van der Waals surface area contributed by atoms with Crippen molar-refractivity contribution in [1.82, 2.24) is 10.2 Å². The Hall–Kier alpha value is -0.570. The molecule has 0 radical (unpaired) electrons. The van der Waals surface area contributed by atoms with Crippen LogP contribution in [0, 0.1) is 11.8 Å². The molecule has 110 valence electrons. The minimum Gasteiger partial charge on any atom is -0.343 e. The number of nitrogens with zero attached hydrogens (tertiary/aromatic N) is 1. The Morgan fingerprint density at radius 1 is 1.11 bits per heavy atom. The topological polar surface area (TPSA) is 32.3 Å². The highest BCUT2D eigenvalue weighted by molar-refractivity contribution is 5.76. The molecular weight excluding hydrogens is 236 g/mol. The Labute approximate surface area is 118 Å². The van der Waals surface area contributed by atoms with E-state index in [4.69, 9.17) is 0 Å². The molecule has 1 unspecified atom stereocenters. The molecule has 2 saturated heterocycles. The van der Waals surface area contributed by atoms with Gasteiger partial charge in [-0.25, -0.2) is 0 Å². The van der Waals surface area contributed by atoms with Crippen molar-refractivity contribution >= 4 is 5.91 Å². The van der Waals surface area contributed by atoms with Crippen LogP contribution in [0.1, 0.15) is 58.3 Å². The third kappa shape index (κ3) is 4.79. The van der Waals surface area contributed by atoms with E-state index >= 15 is 0 Å². The lowest BCUT2D eigenvalue weighted by atomic mass is 9.84. The molecule has 0 aliphatic carbocycles. The molecule has 0 saturated carbocycles. The molecular formula is C16H30N2O. The van der Waals surface area contributed by atoms with E-state index in [1.165, 1.54) is 44.9 Å². The van der Waals surface area contributed by atoms with Crippen molar-refractivity contribution in [2.24, 2.45) is 11.8 Å². The molecule has 0 spiro atoms. The van der Waals surface area contributed by atoms with Crippen molar-refractivity contribution in [1.29, 1.82) is 0 Å². The maximum absolute atomic E-state index is 12.4. The average molecular weight is 266 g/mol. The summed E-state index contributed by atoms with van der Waals surface area (Å²) in [7, 11) is 0. The minimum absolute atomic E-state index is 0.410. The van der Waals surface area contributed by atoms with Gasteiger partial charge in [-0.2, -0.15) is 0 Å². The first kappa shape index (κ1) is 14.8. The number of rotatable bonds is 3. The van der Waals surface area contributed by atoms with Crippen molar-refractivity contribution in [2.45, 2.75) is 58.3 Å². The highest BCUT2D eigenvalue weighted by Gasteiger charge is 2.24. The lowest BCUT2D eigenvalue weighted by Crippen LogP contribution is -2.37. The third-order valence-corrected chi connectivity index (χ3v) is 4.89. The zero-order chi connectivity index (χ0) is 13.5. The predicted octanol–water partition coefficient (Wildman–Crippen LogP) is 2.80. The van der Waals surface area contributed by atoms with Crippen LogP contribution >= 0.6 is 0 Å². The van der Waals surface area contributed by atoms with Crippen molar-refractivity contribution in [3.8, 4) is 0 Å². The van der Waals surface area contributed by atoms with Crippen LogP contribution in [0.4, 0.5) is 0 Å². The smallest absolute Gasteiger partial charge is 0.222 e. The highest BCUT2D eigenvalue weighted by atomic mass is 16.2. The number of hydrogen-bond donors (Lipinski definition) is 1. The van der Waals surface area contributed by atoms with Crippen molar-refractivity contribution < 1.29 is 4.79 Å². The fraction of sp³-hybridized carbons (Fsp3) is 0.938. The summed E-state index contributed by atoms with van der Waals surface area (Å²) >= 11 is 0. The second-order valence-electron chi connectivity index (χ2n) is 6.42. The number of hydrogen-bond acceptors (Lipinski definition) is 2. The van der Waals surface area contributed by atoms with Crippen LogP contribution in [0.25, 0.3) is 0 Å². The first-order chi connectivity index (χ1) is 9.27. The van der Waals surface area contributed by atoms with E-state index in [1.54, 1.807) is 0 Å². The van der Waals surface area contributed by atoms with E-state index in [2.05, 4.69) is 17.1 Å². The van der Waals surface area contributed by atoms with Crippen molar-refractivity contribution in [2.75, 3.05) is 26.2 Å². The van der Waals surface area contributed by atoms with Gasteiger partial charge < -0.3 is 10.2 Å². The molecule has 0 bridgehead atoms. The molecule has 3 heteroatoms. The summed E-state index contributed by atoms with van der Waals surface area (Å²) < 4.78 is 0. The molecule has 1 atom stereocenters. The Kier molecular flexibility index (Phi) is 6.15. The summed E-state index contributed by atoms with van der Waals surface area (Å²) in [6.45, 7) is 6.54. The van der Waals surface area contributed by atoms with E-state index < -0.39 is 0 Å². The molecule has 2 aliphatic rings. The summed E-state index contributed by atoms with van der Waals surface area (Å²) in [4.78, 5) is 14.6. The number of carbonyl (C=O) groups excluding carboxylic acids is 1. The minimum atomic E-state index is 0.410. The second kappa shape index (κ2) is 7.88. The van der Waals surface area contributed by atoms with Gasteiger partial charge in [0.1, 0.15) is 0 Å². The molecule has 1 N–H and O–H groups in total. The van der Waals surface area contributed by atoms with Crippen LogP contribution in [0.3, 0.4) is 0 Å². The van der Waals surface area contributed by atoms with Gasteiger partial charge in [-0.05, 0) is 50.6 Å². The summed E-state index contributed by atoms with van der Waals surface area (Å²) in [6.07, 6.45) is 9.61. The van der Waals surface area contributed by atoms with Crippen LogP contribution in [-0.2, 0) is 4.79 Å². The van der Waals surface area contributed by atoms with Gasteiger partial charge in [-0.3, -0.25) is 4.79 Å². The molecule has 2 aliphatic heterocycles. The van der Waals surface area contributed by atoms with E-state index in [-0.39, 0.29) is 0 Å². The molecule has 0 aromatic carbocycles. The van der Waals surface area contributed by atoms with Gasteiger partial charge in [-0.15, -0.1) is 0 Å². The van der Waals surface area contributed by atoms with Crippen LogP contribution in [0.15, 0.2) is 0 Å². The van der Waals surface area contributed by atoms with Crippen LogP contribution < -0.4 is 5.32 Å². The van der Waals surface area contributed by atoms with Gasteiger partial charge in [0, 0.05) is 19.5 Å². The van der Waals surface area contributed by atoms with E-state index in [9.17, 15) is 4.79 Å². The van der Waals surface area contributed by atoms with Gasteiger partial charge in [-0.1, -0.05) is 26.2 Å². The SMILES string of the molecule is CC(CC(=O)N1CCCCCCC1)C1CCNCC1. The van der Waals surface area contributed by atoms with Gasteiger partial charge >= 0.3 is 0 Å². The fourth-order valence-electron chi connectivity index (χ4n) is 3.48. The molecule has 2 fully saturated rings. The van der Waals surface area contributed by atoms with Crippen LogP contribution in [0.5, 0.6) is 0 Å². The van der Waals surface area contributed by atoms with E-state index in [0.717, 1.165) is 38.5 Å². The third-order valence-electron chi connectivity index (χ3n) is 4.89. The standard InChI is InChI=1S/C16H30N2O/c1-14(15-7-9-17-10-8-15)13-16(19)18-11-5-3-2-4-6-12-18/h14-15,17H,2-13H2,1H3.